The number of aliphatic imine (C=N–C) groups is 1. The van der Waals surface area contributed by atoms with Crippen LogP contribution in [0.3, 0.4) is 0 Å². The first-order valence-electron chi connectivity index (χ1n) is 5.97. The summed E-state index contributed by atoms with van der Waals surface area (Å²) in [5.74, 6) is 2.74. The van der Waals surface area contributed by atoms with Gasteiger partial charge in [-0.2, -0.15) is 23.1 Å². The molecule has 1 aliphatic heterocycles. The van der Waals surface area contributed by atoms with E-state index in [1.807, 2.05) is 28.6 Å². The van der Waals surface area contributed by atoms with E-state index in [0.29, 0.717) is 12.5 Å². The van der Waals surface area contributed by atoms with Gasteiger partial charge in [0.25, 0.3) is 0 Å². The fraction of sp³-hybridized carbons (Fsp3) is 0.583. The maximum Gasteiger partial charge on any atom is 0.191 e. The zero-order chi connectivity index (χ0) is 13.0. The normalized spacial score (nSPS) is 20.8. The first kappa shape index (κ1) is 13.7. The van der Waals surface area contributed by atoms with E-state index in [0.717, 1.165) is 30.2 Å². The van der Waals surface area contributed by atoms with Gasteiger partial charge in [-0.05, 0) is 29.3 Å². The third kappa shape index (κ3) is 3.40. The Bertz CT molecular complexity index is 397. The minimum absolute atomic E-state index is 0.305. The lowest BCUT2D eigenvalue weighted by Crippen LogP contribution is -2.43. The highest BCUT2D eigenvalue weighted by Gasteiger charge is 2.23. The van der Waals surface area contributed by atoms with E-state index in [2.05, 4.69) is 9.89 Å². The van der Waals surface area contributed by atoms with Crippen LogP contribution in [-0.4, -0.2) is 47.1 Å². The van der Waals surface area contributed by atoms with Crippen LogP contribution in [0.5, 0.6) is 0 Å². The maximum absolute atomic E-state index is 10.3. The Hall–Kier alpha value is -0.720. The minimum Gasteiger partial charge on any atom is -0.383 e. The van der Waals surface area contributed by atoms with Crippen molar-refractivity contribution in [2.45, 2.75) is 12.5 Å². The van der Waals surface area contributed by atoms with Gasteiger partial charge in [-0.3, -0.25) is 0 Å². The van der Waals surface area contributed by atoms with Crippen molar-refractivity contribution >= 4 is 29.1 Å². The number of aliphatic hydroxyl groups is 1. The SMILES string of the molecule is CC(O)(CN=C(N)N1CCSCC1)c1ccsc1. The summed E-state index contributed by atoms with van der Waals surface area (Å²) < 4.78 is 0. The van der Waals surface area contributed by atoms with Crippen LogP contribution in [0, 0.1) is 0 Å². The van der Waals surface area contributed by atoms with E-state index < -0.39 is 5.60 Å². The van der Waals surface area contributed by atoms with E-state index in [9.17, 15) is 5.11 Å². The predicted octanol–water partition coefficient (Wildman–Crippen LogP) is 1.32. The second-order valence-corrected chi connectivity index (χ2v) is 6.56. The van der Waals surface area contributed by atoms with Gasteiger partial charge < -0.3 is 15.7 Å². The zero-order valence-electron chi connectivity index (χ0n) is 10.5. The van der Waals surface area contributed by atoms with Gasteiger partial charge in [-0.25, -0.2) is 4.99 Å². The number of nitrogens with two attached hydrogens (primary N) is 1. The van der Waals surface area contributed by atoms with Gasteiger partial charge in [0, 0.05) is 24.6 Å². The Morgan fingerprint density at radius 3 is 2.89 bits per heavy atom. The van der Waals surface area contributed by atoms with Crippen molar-refractivity contribution in [3.63, 3.8) is 0 Å². The molecule has 1 unspecified atom stereocenters. The molecule has 0 bridgehead atoms. The molecule has 0 amide bonds. The second-order valence-electron chi connectivity index (χ2n) is 4.56. The highest BCUT2D eigenvalue weighted by Crippen LogP contribution is 2.23. The summed E-state index contributed by atoms with van der Waals surface area (Å²) in [7, 11) is 0. The van der Waals surface area contributed by atoms with Crippen LogP contribution in [0.2, 0.25) is 0 Å². The average Bonchev–Trinajstić information content (AvgIpc) is 2.92. The van der Waals surface area contributed by atoms with Gasteiger partial charge in [0.05, 0.1) is 6.54 Å². The van der Waals surface area contributed by atoms with Crippen molar-refractivity contribution in [1.82, 2.24) is 4.90 Å². The lowest BCUT2D eigenvalue weighted by Gasteiger charge is -2.28. The van der Waals surface area contributed by atoms with Gasteiger partial charge in [-0.15, -0.1) is 0 Å². The Morgan fingerprint density at radius 1 is 1.56 bits per heavy atom. The molecule has 2 heterocycles. The summed E-state index contributed by atoms with van der Waals surface area (Å²) in [6.45, 7) is 3.97. The molecule has 0 aromatic carbocycles. The number of thioether (sulfide) groups is 1. The molecule has 6 heteroatoms. The van der Waals surface area contributed by atoms with Crippen LogP contribution < -0.4 is 5.73 Å². The molecule has 0 aliphatic carbocycles. The number of nitrogens with zero attached hydrogens (tertiary/aromatic N) is 2. The average molecular weight is 285 g/mol. The standard InChI is InChI=1S/C12H19N3OS2/c1-12(16,10-2-5-18-8-10)9-14-11(13)15-3-6-17-7-4-15/h2,5,8,16H,3-4,6-7,9H2,1H3,(H2,13,14). The molecule has 1 saturated heterocycles. The Kier molecular flexibility index (Phi) is 4.53. The van der Waals surface area contributed by atoms with Crippen LogP contribution >= 0.6 is 23.1 Å². The van der Waals surface area contributed by atoms with E-state index in [1.54, 1.807) is 18.3 Å². The molecule has 1 aromatic rings. The summed E-state index contributed by atoms with van der Waals surface area (Å²) in [5, 5.41) is 14.2. The van der Waals surface area contributed by atoms with Crippen molar-refractivity contribution < 1.29 is 5.11 Å². The Labute approximate surface area is 116 Å². The van der Waals surface area contributed by atoms with Gasteiger partial charge >= 0.3 is 0 Å². The van der Waals surface area contributed by atoms with Gasteiger partial charge in [0.2, 0.25) is 0 Å². The topological polar surface area (TPSA) is 61.9 Å². The van der Waals surface area contributed by atoms with Gasteiger partial charge in [-0.1, -0.05) is 0 Å². The summed E-state index contributed by atoms with van der Waals surface area (Å²) in [6.07, 6.45) is 0. The monoisotopic (exact) mass is 285 g/mol. The molecule has 3 N–H and O–H groups in total. The van der Waals surface area contributed by atoms with Crippen LogP contribution in [-0.2, 0) is 5.60 Å². The minimum atomic E-state index is -0.935. The second kappa shape index (κ2) is 5.95. The summed E-state index contributed by atoms with van der Waals surface area (Å²) in [6, 6.07) is 1.92. The van der Waals surface area contributed by atoms with Crippen molar-refractivity contribution in [1.29, 1.82) is 0 Å². The smallest absolute Gasteiger partial charge is 0.191 e. The first-order chi connectivity index (χ1) is 8.59. The molecule has 1 aliphatic rings. The Morgan fingerprint density at radius 2 is 2.28 bits per heavy atom. The number of rotatable bonds is 3. The molecule has 0 spiro atoms. The van der Waals surface area contributed by atoms with E-state index in [4.69, 9.17) is 5.73 Å². The largest absolute Gasteiger partial charge is 0.383 e. The van der Waals surface area contributed by atoms with Crippen molar-refractivity contribution in [3.8, 4) is 0 Å². The van der Waals surface area contributed by atoms with Crippen LogP contribution in [0.25, 0.3) is 0 Å². The van der Waals surface area contributed by atoms with E-state index >= 15 is 0 Å². The van der Waals surface area contributed by atoms with Gasteiger partial charge in [0.1, 0.15) is 5.60 Å². The molecule has 4 nitrogen and oxygen atoms in total. The highest BCUT2D eigenvalue weighted by molar-refractivity contribution is 7.99. The summed E-state index contributed by atoms with van der Waals surface area (Å²) in [5.41, 5.74) is 5.93. The quantitative estimate of drug-likeness (QED) is 0.649. The van der Waals surface area contributed by atoms with E-state index in [-0.39, 0.29) is 0 Å². The third-order valence-electron chi connectivity index (χ3n) is 3.03. The fourth-order valence-electron chi connectivity index (χ4n) is 1.79. The highest BCUT2D eigenvalue weighted by atomic mass is 32.2. The molecule has 2 rings (SSSR count). The number of hydrogen-bond donors (Lipinski definition) is 2. The Balaban J connectivity index is 1.96. The predicted molar refractivity (Wildman–Crippen MR) is 79.3 cm³/mol. The van der Waals surface area contributed by atoms with Crippen molar-refractivity contribution in [2.24, 2.45) is 10.7 Å². The van der Waals surface area contributed by atoms with Crippen molar-refractivity contribution in [2.75, 3.05) is 31.1 Å². The zero-order valence-corrected chi connectivity index (χ0v) is 12.1. The molecule has 0 saturated carbocycles. The lowest BCUT2D eigenvalue weighted by atomic mass is 10.00. The fourth-order valence-corrected chi connectivity index (χ4v) is 3.48. The van der Waals surface area contributed by atoms with Crippen LogP contribution in [0.4, 0.5) is 0 Å². The third-order valence-corrected chi connectivity index (χ3v) is 4.65. The molecule has 1 aromatic heterocycles. The van der Waals surface area contributed by atoms with Gasteiger partial charge in [0.15, 0.2) is 5.96 Å². The molecule has 1 fully saturated rings. The lowest BCUT2D eigenvalue weighted by molar-refractivity contribution is 0.0675. The molecule has 100 valence electrons. The molecular weight excluding hydrogens is 266 g/mol. The first-order valence-corrected chi connectivity index (χ1v) is 8.07. The summed E-state index contributed by atoms with van der Waals surface area (Å²) >= 11 is 3.51. The number of hydrogen-bond acceptors (Lipinski definition) is 4. The molecular formula is C12H19N3OS2. The molecule has 1 atom stereocenters. The van der Waals surface area contributed by atoms with Crippen LogP contribution in [0.15, 0.2) is 21.8 Å². The van der Waals surface area contributed by atoms with Crippen LogP contribution in [0.1, 0.15) is 12.5 Å². The number of thiophene rings is 1. The molecule has 18 heavy (non-hydrogen) atoms. The summed E-state index contributed by atoms with van der Waals surface area (Å²) in [4.78, 5) is 6.42. The maximum atomic E-state index is 10.3. The van der Waals surface area contributed by atoms with E-state index in [1.165, 1.54) is 0 Å². The molecule has 0 radical (unpaired) electrons. The number of guanidine groups is 1. The van der Waals surface area contributed by atoms with Crippen molar-refractivity contribution in [3.05, 3.63) is 22.4 Å².